The predicted octanol–water partition coefficient (Wildman–Crippen LogP) is 3.76. The maximum atomic E-state index is 12.4. The van der Waals surface area contributed by atoms with Crippen molar-refractivity contribution in [2.24, 2.45) is 0 Å². The lowest BCUT2D eigenvalue weighted by molar-refractivity contribution is 0.102. The highest BCUT2D eigenvalue weighted by atomic mass is 16.5. The Morgan fingerprint density at radius 1 is 1.33 bits per heavy atom. The molecule has 0 atom stereocenters. The number of hydrogen-bond acceptors (Lipinski definition) is 4. The van der Waals surface area contributed by atoms with E-state index in [0.717, 1.165) is 5.75 Å². The second kappa shape index (κ2) is 6.43. The van der Waals surface area contributed by atoms with E-state index in [-0.39, 0.29) is 11.8 Å². The third kappa shape index (κ3) is 3.42. The van der Waals surface area contributed by atoms with Crippen LogP contribution in [0.5, 0.6) is 5.75 Å². The summed E-state index contributed by atoms with van der Waals surface area (Å²) in [7, 11) is 0. The van der Waals surface area contributed by atoms with Gasteiger partial charge >= 0.3 is 0 Å². The molecule has 1 aromatic carbocycles. The highest BCUT2D eigenvalue weighted by Crippen LogP contribution is 2.24. The Hall–Kier alpha value is -2.30. The molecule has 0 saturated carbocycles. The van der Waals surface area contributed by atoms with Crippen molar-refractivity contribution in [2.75, 3.05) is 11.9 Å². The second-order valence-electron chi connectivity index (χ2n) is 5.07. The van der Waals surface area contributed by atoms with Crippen LogP contribution in [0, 0.1) is 6.92 Å². The lowest BCUT2D eigenvalue weighted by atomic mass is 10.0. The first-order chi connectivity index (χ1) is 10.0. The summed E-state index contributed by atoms with van der Waals surface area (Å²) in [6, 6.07) is 7.26. The zero-order chi connectivity index (χ0) is 15.4. The molecule has 0 fully saturated rings. The van der Waals surface area contributed by atoms with E-state index in [2.05, 4.69) is 10.5 Å². The Balaban J connectivity index is 2.16. The van der Waals surface area contributed by atoms with Crippen LogP contribution in [-0.2, 0) is 0 Å². The van der Waals surface area contributed by atoms with Gasteiger partial charge in [-0.1, -0.05) is 19.0 Å². The smallest absolute Gasteiger partial charge is 0.261 e. The van der Waals surface area contributed by atoms with Gasteiger partial charge in [-0.3, -0.25) is 4.79 Å². The summed E-state index contributed by atoms with van der Waals surface area (Å²) in [6.45, 7) is 8.24. The van der Waals surface area contributed by atoms with Crippen LogP contribution < -0.4 is 10.1 Å². The molecule has 0 spiro atoms. The van der Waals surface area contributed by atoms with Crippen LogP contribution in [0.3, 0.4) is 0 Å². The molecule has 112 valence electrons. The van der Waals surface area contributed by atoms with Gasteiger partial charge in [0, 0.05) is 11.6 Å². The van der Waals surface area contributed by atoms with Crippen molar-refractivity contribution in [2.45, 2.75) is 33.6 Å². The van der Waals surface area contributed by atoms with Gasteiger partial charge in [-0.2, -0.15) is 0 Å². The minimum atomic E-state index is -0.207. The van der Waals surface area contributed by atoms with Gasteiger partial charge in [0.1, 0.15) is 11.3 Å². The van der Waals surface area contributed by atoms with E-state index in [1.165, 1.54) is 0 Å². The number of rotatable bonds is 5. The van der Waals surface area contributed by atoms with Crippen LogP contribution in [0.4, 0.5) is 5.69 Å². The molecule has 0 aliphatic heterocycles. The van der Waals surface area contributed by atoms with Crippen LogP contribution >= 0.6 is 0 Å². The number of aromatic nitrogens is 1. The zero-order valence-electron chi connectivity index (χ0n) is 12.8. The molecule has 0 saturated heterocycles. The van der Waals surface area contributed by atoms with E-state index < -0.39 is 0 Å². The fourth-order valence-electron chi connectivity index (χ4n) is 2.05. The van der Waals surface area contributed by atoms with Gasteiger partial charge < -0.3 is 14.6 Å². The van der Waals surface area contributed by atoms with Crippen molar-refractivity contribution in [3.8, 4) is 5.75 Å². The van der Waals surface area contributed by atoms with Crippen molar-refractivity contribution in [1.29, 1.82) is 0 Å². The SMILES string of the molecule is CCOc1ccc(NC(=O)c2c(C)noc2C(C)C)cc1. The molecule has 5 nitrogen and oxygen atoms in total. The molecular weight excluding hydrogens is 268 g/mol. The summed E-state index contributed by atoms with van der Waals surface area (Å²) < 4.78 is 10.6. The molecule has 1 aromatic heterocycles. The van der Waals surface area contributed by atoms with Crippen molar-refractivity contribution >= 4 is 11.6 Å². The van der Waals surface area contributed by atoms with Crippen LogP contribution in [0.25, 0.3) is 0 Å². The molecule has 0 aliphatic carbocycles. The molecule has 2 aromatic rings. The first-order valence-electron chi connectivity index (χ1n) is 7.03. The molecular formula is C16H20N2O3. The lowest BCUT2D eigenvalue weighted by Gasteiger charge is -2.08. The molecule has 21 heavy (non-hydrogen) atoms. The summed E-state index contributed by atoms with van der Waals surface area (Å²) in [5, 5.41) is 6.74. The summed E-state index contributed by atoms with van der Waals surface area (Å²) in [6.07, 6.45) is 0. The Kier molecular flexibility index (Phi) is 4.62. The summed E-state index contributed by atoms with van der Waals surface area (Å²) in [5.41, 5.74) is 1.82. The second-order valence-corrected chi connectivity index (χ2v) is 5.07. The summed E-state index contributed by atoms with van der Waals surface area (Å²) in [5.74, 6) is 1.28. The number of anilines is 1. The van der Waals surface area contributed by atoms with E-state index in [9.17, 15) is 4.79 Å². The number of carbonyl (C=O) groups is 1. The third-order valence-corrected chi connectivity index (χ3v) is 3.06. The predicted molar refractivity (Wildman–Crippen MR) is 80.9 cm³/mol. The minimum absolute atomic E-state index is 0.104. The van der Waals surface area contributed by atoms with Gasteiger partial charge in [0.25, 0.3) is 5.91 Å². The van der Waals surface area contributed by atoms with Crippen molar-refractivity contribution < 1.29 is 14.1 Å². The first kappa shape index (κ1) is 15.1. The Labute approximate surface area is 124 Å². The minimum Gasteiger partial charge on any atom is -0.494 e. The molecule has 5 heteroatoms. The van der Waals surface area contributed by atoms with Gasteiger partial charge in [0.05, 0.1) is 12.3 Å². The van der Waals surface area contributed by atoms with Gasteiger partial charge in [0.15, 0.2) is 5.76 Å². The Bertz CT molecular complexity index is 615. The maximum Gasteiger partial charge on any atom is 0.261 e. The number of aryl methyl sites for hydroxylation is 1. The van der Waals surface area contributed by atoms with Crippen LogP contribution in [-0.4, -0.2) is 17.7 Å². The normalized spacial score (nSPS) is 10.7. The number of nitrogens with one attached hydrogen (secondary N) is 1. The van der Waals surface area contributed by atoms with Crippen molar-refractivity contribution in [3.63, 3.8) is 0 Å². The average Bonchev–Trinajstić information content (AvgIpc) is 2.83. The molecule has 1 N–H and O–H groups in total. The fourth-order valence-corrected chi connectivity index (χ4v) is 2.05. The van der Waals surface area contributed by atoms with E-state index >= 15 is 0 Å². The molecule has 0 unspecified atom stereocenters. The van der Waals surface area contributed by atoms with Gasteiger partial charge in [0.2, 0.25) is 0 Å². The quantitative estimate of drug-likeness (QED) is 0.909. The average molecular weight is 288 g/mol. The van der Waals surface area contributed by atoms with E-state index in [1.807, 2.05) is 32.9 Å². The first-order valence-corrected chi connectivity index (χ1v) is 7.03. The number of carbonyl (C=O) groups excluding carboxylic acids is 1. The largest absolute Gasteiger partial charge is 0.494 e. The summed E-state index contributed by atoms with van der Waals surface area (Å²) >= 11 is 0. The Morgan fingerprint density at radius 3 is 2.57 bits per heavy atom. The molecule has 1 amide bonds. The zero-order valence-corrected chi connectivity index (χ0v) is 12.8. The molecule has 1 heterocycles. The third-order valence-electron chi connectivity index (χ3n) is 3.06. The number of nitrogens with zero attached hydrogens (tertiary/aromatic N) is 1. The van der Waals surface area contributed by atoms with Gasteiger partial charge in [-0.25, -0.2) is 0 Å². The molecule has 2 rings (SSSR count). The number of hydrogen-bond donors (Lipinski definition) is 1. The molecule has 0 radical (unpaired) electrons. The fraction of sp³-hybridized carbons (Fsp3) is 0.375. The van der Waals surface area contributed by atoms with E-state index in [4.69, 9.17) is 9.26 Å². The van der Waals surface area contributed by atoms with Crippen molar-refractivity contribution in [3.05, 3.63) is 41.3 Å². The van der Waals surface area contributed by atoms with Crippen LogP contribution in [0.1, 0.15) is 48.5 Å². The number of ether oxygens (including phenoxy) is 1. The lowest BCUT2D eigenvalue weighted by Crippen LogP contribution is -2.14. The van der Waals surface area contributed by atoms with E-state index in [0.29, 0.717) is 29.3 Å². The number of amides is 1. The standard InChI is InChI=1S/C16H20N2O3/c1-5-20-13-8-6-12(7-9-13)17-16(19)14-11(4)18-21-15(14)10(2)3/h6-10H,5H2,1-4H3,(H,17,19). The maximum absolute atomic E-state index is 12.4. The van der Waals surface area contributed by atoms with Crippen LogP contribution in [0.15, 0.2) is 28.8 Å². The molecule has 0 aliphatic rings. The summed E-state index contributed by atoms with van der Waals surface area (Å²) in [4.78, 5) is 12.4. The molecule has 0 bridgehead atoms. The number of benzene rings is 1. The Morgan fingerprint density at radius 2 is 2.00 bits per heavy atom. The highest BCUT2D eigenvalue weighted by molar-refractivity contribution is 6.05. The topological polar surface area (TPSA) is 64.4 Å². The van der Waals surface area contributed by atoms with Crippen LogP contribution in [0.2, 0.25) is 0 Å². The highest BCUT2D eigenvalue weighted by Gasteiger charge is 2.22. The van der Waals surface area contributed by atoms with Gasteiger partial charge in [-0.15, -0.1) is 0 Å². The van der Waals surface area contributed by atoms with Gasteiger partial charge in [-0.05, 0) is 38.1 Å². The van der Waals surface area contributed by atoms with E-state index in [1.54, 1.807) is 19.1 Å². The monoisotopic (exact) mass is 288 g/mol. The van der Waals surface area contributed by atoms with Crippen molar-refractivity contribution in [1.82, 2.24) is 5.16 Å².